The number of aromatic hydroxyl groups is 1. The second kappa shape index (κ2) is 9.74. The van der Waals surface area contributed by atoms with Gasteiger partial charge in [-0.15, -0.1) is 0 Å². The van der Waals surface area contributed by atoms with Crippen molar-refractivity contribution in [2.75, 3.05) is 11.4 Å². The number of rotatable bonds is 6. The molecule has 1 amide bonds. The number of hydrogen-bond donors (Lipinski definition) is 2. The SMILES string of the molecule is CCC(C)NC(=O)[C@@H]1CCCN1c1cc(-c2ccc(C#N)cc2)cc(-c2ccccc2O)n1. The molecule has 0 radical (unpaired) electrons. The van der Waals surface area contributed by atoms with Gasteiger partial charge in [0.2, 0.25) is 5.91 Å². The Labute approximate surface area is 194 Å². The Kier molecular flexibility index (Phi) is 6.60. The smallest absolute Gasteiger partial charge is 0.242 e. The van der Waals surface area contributed by atoms with E-state index in [9.17, 15) is 9.90 Å². The number of phenolic OH excluding ortho intramolecular Hbond substituents is 1. The van der Waals surface area contributed by atoms with Gasteiger partial charge in [-0.1, -0.05) is 31.2 Å². The summed E-state index contributed by atoms with van der Waals surface area (Å²) in [6.45, 7) is 4.80. The number of carbonyl (C=O) groups is 1. The van der Waals surface area contributed by atoms with Crippen molar-refractivity contribution in [1.29, 1.82) is 5.26 Å². The average Bonchev–Trinajstić information content (AvgIpc) is 3.34. The molecule has 0 bridgehead atoms. The van der Waals surface area contributed by atoms with Crippen LogP contribution in [0.15, 0.2) is 60.7 Å². The molecule has 0 aliphatic carbocycles. The third kappa shape index (κ3) is 4.83. The van der Waals surface area contributed by atoms with Crippen molar-refractivity contribution in [2.24, 2.45) is 0 Å². The lowest BCUT2D eigenvalue weighted by Crippen LogP contribution is -2.46. The minimum Gasteiger partial charge on any atom is -0.507 e. The highest BCUT2D eigenvalue weighted by Crippen LogP contribution is 2.35. The van der Waals surface area contributed by atoms with Crippen LogP contribution < -0.4 is 10.2 Å². The molecule has 1 aliphatic rings. The maximum atomic E-state index is 13.0. The number of aromatic nitrogens is 1. The van der Waals surface area contributed by atoms with Crippen LogP contribution >= 0.6 is 0 Å². The topological polar surface area (TPSA) is 89.2 Å². The third-order valence-electron chi connectivity index (χ3n) is 6.19. The first-order chi connectivity index (χ1) is 16.0. The van der Waals surface area contributed by atoms with E-state index in [-0.39, 0.29) is 23.7 Å². The van der Waals surface area contributed by atoms with Gasteiger partial charge in [0.1, 0.15) is 17.6 Å². The van der Waals surface area contributed by atoms with Crippen LogP contribution in [-0.4, -0.2) is 34.6 Å². The van der Waals surface area contributed by atoms with Gasteiger partial charge < -0.3 is 15.3 Å². The summed E-state index contributed by atoms with van der Waals surface area (Å²) < 4.78 is 0. The summed E-state index contributed by atoms with van der Waals surface area (Å²) in [5.74, 6) is 0.883. The van der Waals surface area contributed by atoms with E-state index in [1.807, 2.05) is 43.3 Å². The molecule has 1 unspecified atom stereocenters. The Balaban J connectivity index is 1.78. The number of para-hydroxylation sites is 1. The van der Waals surface area contributed by atoms with Crippen LogP contribution in [0.25, 0.3) is 22.4 Å². The summed E-state index contributed by atoms with van der Waals surface area (Å²) in [5, 5.41) is 22.7. The summed E-state index contributed by atoms with van der Waals surface area (Å²) in [6.07, 6.45) is 2.56. The number of nitrogens with one attached hydrogen (secondary N) is 1. The monoisotopic (exact) mass is 440 g/mol. The van der Waals surface area contributed by atoms with Crippen LogP contribution in [-0.2, 0) is 4.79 Å². The van der Waals surface area contributed by atoms with Crippen LogP contribution in [0.5, 0.6) is 5.75 Å². The highest BCUT2D eigenvalue weighted by molar-refractivity contribution is 5.86. The van der Waals surface area contributed by atoms with Crippen LogP contribution in [0, 0.1) is 11.3 Å². The lowest BCUT2D eigenvalue weighted by molar-refractivity contribution is -0.122. The lowest BCUT2D eigenvalue weighted by atomic mass is 10.0. The number of anilines is 1. The number of phenols is 1. The summed E-state index contributed by atoms with van der Waals surface area (Å²) >= 11 is 0. The molecular formula is C27H28N4O2. The zero-order valence-corrected chi connectivity index (χ0v) is 19.0. The van der Waals surface area contributed by atoms with Gasteiger partial charge in [-0.3, -0.25) is 4.79 Å². The maximum Gasteiger partial charge on any atom is 0.242 e. The zero-order valence-electron chi connectivity index (χ0n) is 19.0. The first-order valence-corrected chi connectivity index (χ1v) is 11.4. The highest BCUT2D eigenvalue weighted by Gasteiger charge is 2.32. The zero-order chi connectivity index (χ0) is 23.4. The number of amides is 1. The molecule has 2 atom stereocenters. The molecule has 2 heterocycles. The fraction of sp³-hybridized carbons (Fsp3) is 0.296. The van der Waals surface area contributed by atoms with Gasteiger partial charge in [0, 0.05) is 18.2 Å². The standard InChI is InChI=1S/C27H28N4O2/c1-3-18(2)29-27(33)24-8-6-14-31(24)26-16-21(20-12-10-19(17-28)11-13-20)15-23(30-26)22-7-4-5-9-25(22)32/h4-5,7,9-13,15-16,18,24,32H,3,6,8,14H2,1-2H3,(H,29,33)/t18?,24-/m0/s1. The second-order valence-electron chi connectivity index (χ2n) is 8.47. The normalized spacial score (nSPS) is 16.3. The van der Waals surface area contributed by atoms with E-state index in [0.29, 0.717) is 22.6 Å². The van der Waals surface area contributed by atoms with E-state index in [1.54, 1.807) is 24.3 Å². The van der Waals surface area contributed by atoms with Crippen LogP contribution in [0.1, 0.15) is 38.7 Å². The molecule has 2 aromatic carbocycles. The van der Waals surface area contributed by atoms with Gasteiger partial charge in [-0.25, -0.2) is 4.98 Å². The molecule has 6 nitrogen and oxygen atoms in total. The molecule has 4 rings (SSSR count). The molecule has 1 aromatic heterocycles. The number of carbonyl (C=O) groups excluding carboxylic acids is 1. The third-order valence-corrected chi connectivity index (χ3v) is 6.19. The largest absolute Gasteiger partial charge is 0.507 e. The molecule has 0 saturated carbocycles. The van der Waals surface area contributed by atoms with Crippen LogP contribution in [0.2, 0.25) is 0 Å². The number of benzene rings is 2. The van der Waals surface area contributed by atoms with E-state index in [1.165, 1.54) is 0 Å². The van der Waals surface area contributed by atoms with Crippen molar-refractivity contribution in [1.82, 2.24) is 10.3 Å². The van der Waals surface area contributed by atoms with E-state index in [4.69, 9.17) is 10.2 Å². The summed E-state index contributed by atoms with van der Waals surface area (Å²) in [5.41, 5.74) is 3.71. The molecule has 2 N–H and O–H groups in total. The first-order valence-electron chi connectivity index (χ1n) is 11.4. The molecule has 1 saturated heterocycles. The van der Waals surface area contributed by atoms with Gasteiger partial charge in [0.25, 0.3) is 0 Å². The molecule has 6 heteroatoms. The molecular weight excluding hydrogens is 412 g/mol. The number of nitriles is 1. The van der Waals surface area contributed by atoms with Crippen molar-refractivity contribution >= 4 is 11.7 Å². The molecule has 3 aromatic rings. The minimum atomic E-state index is -0.278. The Bertz CT molecular complexity index is 1180. The van der Waals surface area contributed by atoms with Crippen molar-refractivity contribution in [3.63, 3.8) is 0 Å². The predicted octanol–water partition coefficient (Wildman–Crippen LogP) is 4.88. The minimum absolute atomic E-state index is 0.0246. The van der Waals surface area contributed by atoms with Crippen molar-refractivity contribution < 1.29 is 9.90 Å². The van der Waals surface area contributed by atoms with Gasteiger partial charge in [-0.2, -0.15) is 5.26 Å². The molecule has 0 spiro atoms. The van der Waals surface area contributed by atoms with E-state index in [2.05, 4.69) is 23.2 Å². The fourth-order valence-corrected chi connectivity index (χ4v) is 4.15. The van der Waals surface area contributed by atoms with Gasteiger partial charge >= 0.3 is 0 Å². The van der Waals surface area contributed by atoms with Gasteiger partial charge in [0.15, 0.2) is 0 Å². The molecule has 1 fully saturated rings. The Morgan fingerprint density at radius 1 is 1.21 bits per heavy atom. The van der Waals surface area contributed by atoms with Crippen LogP contribution in [0.4, 0.5) is 5.82 Å². The van der Waals surface area contributed by atoms with E-state index >= 15 is 0 Å². The molecule has 168 valence electrons. The van der Waals surface area contributed by atoms with E-state index in [0.717, 1.165) is 36.9 Å². The second-order valence-corrected chi connectivity index (χ2v) is 8.47. The highest BCUT2D eigenvalue weighted by atomic mass is 16.3. The van der Waals surface area contributed by atoms with Crippen molar-refractivity contribution in [2.45, 2.75) is 45.2 Å². The first kappa shape index (κ1) is 22.3. The van der Waals surface area contributed by atoms with Crippen molar-refractivity contribution in [3.05, 3.63) is 66.2 Å². The summed E-state index contributed by atoms with van der Waals surface area (Å²) in [4.78, 5) is 19.9. The Morgan fingerprint density at radius 2 is 1.97 bits per heavy atom. The van der Waals surface area contributed by atoms with Crippen molar-refractivity contribution in [3.8, 4) is 34.2 Å². The van der Waals surface area contributed by atoms with E-state index < -0.39 is 0 Å². The number of nitrogens with zero attached hydrogens (tertiary/aromatic N) is 3. The number of hydrogen-bond acceptors (Lipinski definition) is 5. The molecule has 1 aliphatic heterocycles. The summed E-state index contributed by atoms with van der Waals surface area (Å²) in [6, 6.07) is 20.4. The fourth-order valence-electron chi connectivity index (χ4n) is 4.15. The summed E-state index contributed by atoms with van der Waals surface area (Å²) in [7, 11) is 0. The lowest BCUT2D eigenvalue weighted by Gasteiger charge is -2.27. The Morgan fingerprint density at radius 3 is 2.67 bits per heavy atom. The quantitative estimate of drug-likeness (QED) is 0.570. The molecule has 33 heavy (non-hydrogen) atoms. The predicted molar refractivity (Wildman–Crippen MR) is 130 cm³/mol. The number of pyridine rings is 1. The van der Waals surface area contributed by atoms with Crippen LogP contribution in [0.3, 0.4) is 0 Å². The van der Waals surface area contributed by atoms with Gasteiger partial charge in [-0.05, 0) is 73.7 Å². The van der Waals surface area contributed by atoms with Gasteiger partial charge in [0.05, 0.1) is 17.3 Å². The Hall–Kier alpha value is -3.85. The maximum absolute atomic E-state index is 13.0. The average molecular weight is 441 g/mol.